The van der Waals surface area contributed by atoms with Crippen molar-refractivity contribution in [3.8, 4) is 0 Å². The van der Waals surface area contributed by atoms with E-state index in [1.165, 1.54) is 34.8 Å². The summed E-state index contributed by atoms with van der Waals surface area (Å²) in [5.41, 5.74) is 1.35. The van der Waals surface area contributed by atoms with E-state index in [2.05, 4.69) is 17.1 Å². The number of aliphatic imine (C=N–C) groups is 1. The molecule has 1 atom stereocenters. The molecule has 2 heterocycles. The lowest BCUT2D eigenvalue weighted by molar-refractivity contribution is -0.149. The van der Waals surface area contributed by atoms with Gasteiger partial charge in [-0.2, -0.15) is 0 Å². The average molecular weight is 535 g/mol. The third-order valence-corrected chi connectivity index (χ3v) is 6.59. The first-order chi connectivity index (χ1) is 13.7. The zero-order chi connectivity index (χ0) is 19.8. The predicted octanol–water partition coefficient (Wildman–Crippen LogP) is 3.81. The molecule has 1 N–H and O–H groups in total. The van der Waals surface area contributed by atoms with E-state index in [0.29, 0.717) is 13.2 Å². The molecule has 0 aromatic carbocycles. The quantitative estimate of drug-likeness (QED) is 0.190. The fourth-order valence-corrected chi connectivity index (χ4v) is 5.17. The smallest absolute Gasteiger partial charge is 0.310 e. The first-order valence-corrected chi connectivity index (χ1v) is 11.7. The van der Waals surface area contributed by atoms with Gasteiger partial charge in [0, 0.05) is 37.5 Å². The van der Waals surface area contributed by atoms with Crippen molar-refractivity contribution in [2.75, 3.05) is 32.8 Å². The highest BCUT2D eigenvalue weighted by Gasteiger charge is 2.28. The van der Waals surface area contributed by atoms with Crippen LogP contribution in [0, 0.1) is 5.92 Å². The van der Waals surface area contributed by atoms with Crippen LogP contribution in [-0.4, -0.2) is 54.6 Å². The van der Waals surface area contributed by atoms with Crippen LogP contribution in [0.25, 0.3) is 0 Å². The van der Waals surface area contributed by atoms with E-state index in [1.54, 1.807) is 0 Å². The number of rotatable bonds is 7. The number of nitrogens with one attached hydrogen (secondary N) is 1. The van der Waals surface area contributed by atoms with Gasteiger partial charge in [0.15, 0.2) is 5.96 Å². The van der Waals surface area contributed by atoms with Gasteiger partial charge in [-0.05, 0) is 58.8 Å². The number of hydrogen-bond donors (Lipinski definition) is 1. The molecule has 1 aromatic heterocycles. The van der Waals surface area contributed by atoms with Crippen molar-refractivity contribution in [3.05, 3.63) is 15.6 Å². The summed E-state index contributed by atoms with van der Waals surface area (Å²) >= 11 is 1.90. The molecule has 1 unspecified atom stereocenters. The van der Waals surface area contributed by atoms with E-state index < -0.39 is 0 Å². The van der Waals surface area contributed by atoms with Crippen molar-refractivity contribution in [1.82, 2.24) is 15.2 Å². The summed E-state index contributed by atoms with van der Waals surface area (Å²) in [5, 5.41) is 4.66. The van der Waals surface area contributed by atoms with Gasteiger partial charge in [-0.1, -0.05) is 0 Å². The lowest BCUT2D eigenvalue weighted by Gasteiger charge is -2.34. The van der Waals surface area contributed by atoms with Crippen LogP contribution < -0.4 is 5.32 Å². The van der Waals surface area contributed by atoms with Crippen LogP contribution in [0.15, 0.2) is 4.99 Å². The molecule has 0 radical (unpaired) electrons. The van der Waals surface area contributed by atoms with E-state index in [0.717, 1.165) is 57.7 Å². The van der Waals surface area contributed by atoms with E-state index in [-0.39, 0.29) is 35.9 Å². The Hall–Kier alpha value is -0.900. The van der Waals surface area contributed by atoms with Crippen molar-refractivity contribution in [1.29, 1.82) is 0 Å². The Labute approximate surface area is 195 Å². The van der Waals surface area contributed by atoms with Gasteiger partial charge >= 0.3 is 5.97 Å². The second-order valence-corrected chi connectivity index (χ2v) is 8.73. The molecule has 0 saturated carbocycles. The highest BCUT2D eigenvalue weighted by Crippen LogP contribution is 2.27. The van der Waals surface area contributed by atoms with Gasteiger partial charge in [-0.25, -0.2) is 4.98 Å². The molecule has 1 fully saturated rings. The second-order valence-electron chi connectivity index (χ2n) is 7.56. The summed E-state index contributed by atoms with van der Waals surface area (Å²) in [5.74, 6) is 0.810. The molecule has 1 aliphatic carbocycles. The van der Waals surface area contributed by atoms with Crippen LogP contribution in [0.2, 0.25) is 0 Å². The number of esters is 1. The first kappa shape index (κ1) is 24.4. The van der Waals surface area contributed by atoms with Gasteiger partial charge in [0.25, 0.3) is 0 Å². The number of likely N-dealkylation sites (tertiary alicyclic amines) is 1. The molecule has 1 aliphatic heterocycles. The highest BCUT2D eigenvalue weighted by atomic mass is 127. The molecule has 29 heavy (non-hydrogen) atoms. The number of hydrogen-bond acceptors (Lipinski definition) is 5. The number of fused-ring (bicyclic) bond motifs is 1. The molecule has 3 rings (SSSR count). The van der Waals surface area contributed by atoms with Gasteiger partial charge in [-0.15, -0.1) is 35.3 Å². The molecule has 0 bridgehead atoms. The Morgan fingerprint density at radius 3 is 2.90 bits per heavy atom. The van der Waals surface area contributed by atoms with Crippen molar-refractivity contribution in [3.63, 3.8) is 0 Å². The number of aryl methyl sites for hydroxylation is 3. The Kier molecular flexibility index (Phi) is 10.7. The third kappa shape index (κ3) is 7.08. The molecular formula is C21H35IN4O2S. The van der Waals surface area contributed by atoms with Gasteiger partial charge in [-0.3, -0.25) is 9.79 Å². The van der Waals surface area contributed by atoms with Crippen LogP contribution in [0.1, 0.15) is 61.5 Å². The molecule has 2 aliphatic rings. The fourth-order valence-electron chi connectivity index (χ4n) is 3.98. The van der Waals surface area contributed by atoms with Crippen LogP contribution in [0.3, 0.4) is 0 Å². The van der Waals surface area contributed by atoms with Crippen molar-refractivity contribution in [2.24, 2.45) is 10.9 Å². The van der Waals surface area contributed by atoms with Crippen LogP contribution in [0.5, 0.6) is 0 Å². The number of aromatic nitrogens is 1. The second kappa shape index (κ2) is 12.7. The Balaban J connectivity index is 0.00000300. The topological polar surface area (TPSA) is 66.8 Å². The lowest BCUT2D eigenvalue weighted by Crippen LogP contribution is -2.48. The number of guanidine groups is 1. The summed E-state index contributed by atoms with van der Waals surface area (Å²) in [6, 6.07) is 0. The molecule has 1 aromatic rings. The largest absolute Gasteiger partial charge is 0.466 e. The number of nitrogens with zero attached hydrogens (tertiary/aromatic N) is 3. The van der Waals surface area contributed by atoms with E-state index in [4.69, 9.17) is 14.7 Å². The summed E-state index contributed by atoms with van der Waals surface area (Å²) in [4.78, 5) is 25.5. The van der Waals surface area contributed by atoms with E-state index >= 15 is 0 Å². The maximum atomic E-state index is 12.1. The SMILES string of the molecule is CCNC(=NCCCc1nc2c(s1)CCCC2)N1CCCC(C(=O)OCC)C1.I. The molecule has 8 heteroatoms. The number of carbonyl (C=O) groups is 1. The predicted molar refractivity (Wildman–Crippen MR) is 129 cm³/mol. The number of ether oxygens (including phenoxy) is 1. The van der Waals surface area contributed by atoms with E-state index in [1.807, 2.05) is 18.3 Å². The highest BCUT2D eigenvalue weighted by molar-refractivity contribution is 14.0. The Bertz CT molecular complexity index is 656. The Morgan fingerprint density at radius 1 is 1.31 bits per heavy atom. The fraction of sp³-hybridized carbons (Fsp3) is 0.762. The zero-order valence-electron chi connectivity index (χ0n) is 17.7. The molecule has 0 amide bonds. The number of piperidine rings is 1. The minimum absolute atomic E-state index is 0. The number of thiazole rings is 1. The van der Waals surface area contributed by atoms with Crippen LogP contribution in [-0.2, 0) is 28.8 Å². The van der Waals surface area contributed by atoms with Crippen molar-refractivity contribution < 1.29 is 9.53 Å². The van der Waals surface area contributed by atoms with Gasteiger partial charge < -0.3 is 15.0 Å². The molecule has 1 saturated heterocycles. The average Bonchev–Trinajstić information content (AvgIpc) is 3.13. The summed E-state index contributed by atoms with van der Waals surface area (Å²) in [7, 11) is 0. The number of carbonyl (C=O) groups excluding carboxylic acids is 1. The van der Waals surface area contributed by atoms with Crippen LogP contribution >= 0.6 is 35.3 Å². The summed E-state index contributed by atoms with van der Waals surface area (Å²) < 4.78 is 5.22. The molecular weight excluding hydrogens is 499 g/mol. The molecule has 164 valence electrons. The minimum Gasteiger partial charge on any atom is -0.466 e. The van der Waals surface area contributed by atoms with E-state index in [9.17, 15) is 4.79 Å². The maximum Gasteiger partial charge on any atom is 0.310 e. The summed E-state index contributed by atoms with van der Waals surface area (Å²) in [6.45, 7) is 7.66. The van der Waals surface area contributed by atoms with Crippen molar-refractivity contribution >= 4 is 47.2 Å². The monoisotopic (exact) mass is 534 g/mol. The van der Waals surface area contributed by atoms with Gasteiger partial charge in [0.05, 0.1) is 23.2 Å². The number of halogens is 1. The maximum absolute atomic E-state index is 12.1. The normalized spacial score (nSPS) is 19.3. The lowest BCUT2D eigenvalue weighted by atomic mass is 9.98. The third-order valence-electron chi connectivity index (χ3n) is 5.38. The summed E-state index contributed by atoms with van der Waals surface area (Å²) in [6.07, 6.45) is 8.89. The van der Waals surface area contributed by atoms with Gasteiger partial charge in [0.1, 0.15) is 0 Å². The minimum atomic E-state index is -0.0733. The zero-order valence-corrected chi connectivity index (χ0v) is 20.9. The molecule has 6 nitrogen and oxygen atoms in total. The molecule has 0 spiro atoms. The Morgan fingerprint density at radius 2 is 2.14 bits per heavy atom. The standard InChI is InChI=1S/C21H34N4O2S.HI/c1-3-22-21(25-14-8-9-16(15-25)20(26)27-4-2)23-13-7-12-19-24-17-10-5-6-11-18(17)28-19;/h16H,3-15H2,1-2H3,(H,22,23);1H. The first-order valence-electron chi connectivity index (χ1n) is 10.9. The van der Waals surface area contributed by atoms with Crippen LogP contribution in [0.4, 0.5) is 0 Å². The van der Waals surface area contributed by atoms with Crippen molar-refractivity contribution in [2.45, 2.75) is 65.2 Å². The van der Waals surface area contributed by atoms with Gasteiger partial charge in [0.2, 0.25) is 0 Å².